The molecule has 0 radical (unpaired) electrons. The van der Waals surface area contributed by atoms with Crippen molar-refractivity contribution in [2.75, 3.05) is 12.3 Å². The number of nitrogen functional groups attached to an aromatic ring is 1. The molecule has 5 atom stereocenters. The number of carbonyl (C=O) groups is 1. The van der Waals surface area contributed by atoms with Crippen LogP contribution in [0.5, 0.6) is 0 Å². The fourth-order valence-corrected chi connectivity index (χ4v) is 4.74. The summed E-state index contributed by atoms with van der Waals surface area (Å²) in [5.41, 5.74) is 5.28. The molecule has 0 spiro atoms. The lowest BCUT2D eigenvalue weighted by Crippen LogP contribution is -2.30. The van der Waals surface area contributed by atoms with Gasteiger partial charge in [0.15, 0.2) is 0 Å². The van der Waals surface area contributed by atoms with Crippen LogP contribution in [0.25, 0.3) is 0 Å². The molecule has 1 unspecified atom stereocenters. The third kappa shape index (κ3) is 2.13. The summed E-state index contributed by atoms with van der Waals surface area (Å²) in [6.45, 7) is 0.497. The normalized spacial score (nSPS) is 35.5. The van der Waals surface area contributed by atoms with Gasteiger partial charge in [-0.05, 0) is 42.9 Å². The molecule has 0 saturated heterocycles. The number of nitrogens with zero attached hydrogens (tertiary/aromatic N) is 1. The van der Waals surface area contributed by atoms with E-state index in [9.17, 15) is 9.59 Å². The molecule has 3 fully saturated rings. The highest BCUT2D eigenvalue weighted by molar-refractivity contribution is 5.82. The van der Waals surface area contributed by atoms with Crippen LogP contribution in [0.2, 0.25) is 0 Å². The number of aromatic amines is 1. The number of amides is 1. The lowest BCUT2D eigenvalue weighted by atomic mass is 10.0. The molecule has 3 aliphatic carbocycles. The quantitative estimate of drug-likeness (QED) is 0.742. The Hall–Kier alpha value is -1.85. The van der Waals surface area contributed by atoms with Gasteiger partial charge in [-0.1, -0.05) is 0 Å². The van der Waals surface area contributed by atoms with Crippen molar-refractivity contribution in [3.8, 4) is 0 Å². The largest absolute Gasteiger partial charge is 0.383 e. The van der Waals surface area contributed by atoms with E-state index >= 15 is 0 Å². The first-order valence-corrected chi connectivity index (χ1v) is 7.77. The minimum Gasteiger partial charge on any atom is -0.383 e. The van der Waals surface area contributed by atoms with Gasteiger partial charge in [0.1, 0.15) is 11.6 Å². The highest BCUT2D eigenvalue weighted by Gasteiger charge is 2.67. The van der Waals surface area contributed by atoms with Crippen molar-refractivity contribution < 1.29 is 4.79 Å². The number of hydrogen-bond acceptors (Lipinski definition) is 4. The minimum atomic E-state index is -0.253. The van der Waals surface area contributed by atoms with Gasteiger partial charge in [-0.25, -0.2) is 4.98 Å². The molecule has 1 amide bonds. The van der Waals surface area contributed by atoms with E-state index in [0.717, 1.165) is 11.8 Å². The third-order valence-electron chi connectivity index (χ3n) is 5.51. The van der Waals surface area contributed by atoms with Crippen molar-refractivity contribution in [1.29, 1.82) is 0 Å². The van der Waals surface area contributed by atoms with Crippen molar-refractivity contribution in [1.82, 2.24) is 15.3 Å². The van der Waals surface area contributed by atoms with Crippen LogP contribution in [0.3, 0.4) is 0 Å². The number of anilines is 1. The van der Waals surface area contributed by atoms with Crippen molar-refractivity contribution in [3.05, 3.63) is 22.2 Å². The van der Waals surface area contributed by atoms with E-state index < -0.39 is 0 Å². The zero-order valence-corrected chi connectivity index (χ0v) is 11.8. The van der Waals surface area contributed by atoms with Crippen molar-refractivity contribution in [2.45, 2.75) is 25.7 Å². The first kappa shape index (κ1) is 12.9. The van der Waals surface area contributed by atoms with E-state index in [-0.39, 0.29) is 23.2 Å². The average Bonchev–Trinajstić information content (AvgIpc) is 2.86. The second kappa shape index (κ2) is 4.58. The van der Waals surface area contributed by atoms with E-state index in [1.807, 2.05) is 0 Å². The van der Waals surface area contributed by atoms with Gasteiger partial charge in [0.25, 0.3) is 5.56 Å². The molecule has 21 heavy (non-hydrogen) atoms. The van der Waals surface area contributed by atoms with Gasteiger partial charge in [-0.2, -0.15) is 0 Å². The summed E-state index contributed by atoms with van der Waals surface area (Å²) in [5.74, 6) is 4.12. The Morgan fingerprint density at radius 2 is 2.10 bits per heavy atom. The fraction of sp³-hybridized carbons (Fsp3) is 0.667. The van der Waals surface area contributed by atoms with Crippen LogP contribution < -0.4 is 16.6 Å². The molecule has 0 aromatic carbocycles. The monoisotopic (exact) mass is 288 g/mol. The molecule has 1 heterocycles. The lowest BCUT2D eigenvalue weighted by Gasteiger charge is -2.09. The number of H-pyrrole nitrogens is 1. The number of rotatable bonds is 4. The minimum absolute atomic E-state index is 0.188. The second-order valence-corrected chi connectivity index (χ2v) is 6.67. The highest BCUT2D eigenvalue weighted by atomic mass is 16.2. The number of hydrogen-bond donors (Lipinski definition) is 3. The van der Waals surface area contributed by atoms with E-state index in [2.05, 4.69) is 15.3 Å². The molecule has 2 bridgehead atoms. The first-order chi connectivity index (χ1) is 10.1. The van der Waals surface area contributed by atoms with E-state index in [1.165, 1.54) is 25.3 Å². The molecule has 112 valence electrons. The second-order valence-electron chi connectivity index (χ2n) is 6.67. The molecule has 4 rings (SSSR count). The molecule has 6 nitrogen and oxygen atoms in total. The number of carbonyl (C=O) groups excluding carboxylic acids is 1. The maximum atomic E-state index is 12.2. The predicted octanol–water partition coefficient (Wildman–Crippen LogP) is 0.303. The summed E-state index contributed by atoms with van der Waals surface area (Å²) in [4.78, 5) is 30.2. The summed E-state index contributed by atoms with van der Waals surface area (Å²) in [5, 5.41) is 2.99. The van der Waals surface area contributed by atoms with Gasteiger partial charge in [0.2, 0.25) is 5.91 Å². The van der Waals surface area contributed by atoms with Gasteiger partial charge in [0, 0.05) is 24.9 Å². The SMILES string of the molecule is Nc1cc(=O)[nH]c(CCNC(=O)C2[C@@H]3[C@H]4CC[C@H](C4)[C@H]23)n1. The maximum Gasteiger partial charge on any atom is 0.252 e. The van der Waals surface area contributed by atoms with Crippen LogP contribution in [0.1, 0.15) is 25.1 Å². The number of aromatic nitrogens is 2. The van der Waals surface area contributed by atoms with Crippen LogP contribution in [-0.4, -0.2) is 22.4 Å². The van der Waals surface area contributed by atoms with Crippen LogP contribution in [-0.2, 0) is 11.2 Å². The number of nitrogens with one attached hydrogen (secondary N) is 2. The predicted molar refractivity (Wildman–Crippen MR) is 77.3 cm³/mol. The van der Waals surface area contributed by atoms with Crippen LogP contribution in [0.4, 0.5) is 5.82 Å². The smallest absolute Gasteiger partial charge is 0.252 e. The van der Waals surface area contributed by atoms with Gasteiger partial charge in [-0.15, -0.1) is 0 Å². The van der Waals surface area contributed by atoms with Crippen molar-refractivity contribution >= 4 is 11.7 Å². The molecule has 6 heteroatoms. The van der Waals surface area contributed by atoms with E-state index in [1.54, 1.807) is 0 Å². The summed E-state index contributed by atoms with van der Waals surface area (Å²) in [6.07, 6.45) is 4.50. The first-order valence-electron chi connectivity index (χ1n) is 7.77. The molecule has 1 aromatic rings. The lowest BCUT2D eigenvalue weighted by molar-refractivity contribution is -0.123. The zero-order chi connectivity index (χ0) is 14.6. The van der Waals surface area contributed by atoms with Crippen molar-refractivity contribution in [2.24, 2.45) is 29.6 Å². The van der Waals surface area contributed by atoms with Gasteiger partial charge in [-0.3, -0.25) is 9.59 Å². The van der Waals surface area contributed by atoms with E-state index in [4.69, 9.17) is 5.73 Å². The summed E-state index contributed by atoms with van der Waals surface area (Å²) in [7, 11) is 0. The molecule has 1 aromatic heterocycles. The molecule has 4 N–H and O–H groups in total. The molecule has 0 aliphatic heterocycles. The van der Waals surface area contributed by atoms with Gasteiger partial charge < -0.3 is 16.0 Å². The number of fused-ring (bicyclic) bond motifs is 5. The van der Waals surface area contributed by atoms with Crippen molar-refractivity contribution in [3.63, 3.8) is 0 Å². The standard InChI is InChI=1S/C15H20N4O2/c16-9-6-11(20)19-10(18-9)3-4-17-15(21)14-12-7-1-2-8(5-7)13(12)14/h6-8,12-14H,1-5H2,(H,17,21)(H3,16,18,19,20)/t7-,8+,12+,13-,14?. The molecular weight excluding hydrogens is 268 g/mol. The molecule has 3 saturated carbocycles. The van der Waals surface area contributed by atoms with Crippen LogP contribution in [0, 0.1) is 29.6 Å². The number of nitrogens with two attached hydrogens (primary N) is 1. The van der Waals surface area contributed by atoms with Gasteiger partial charge in [0.05, 0.1) is 0 Å². The molecule has 3 aliphatic rings. The topological polar surface area (TPSA) is 101 Å². The molecular formula is C15H20N4O2. The Morgan fingerprint density at radius 1 is 1.38 bits per heavy atom. The zero-order valence-electron chi connectivity index (χ0n) is 11.8. The van der Waals surface area contributed by atoms with Crippen LogP contribution >= 0.6 is 0 Å². The summed E-state index contributed by atoms with van der Waals surface area (Å²) < 4.78 is 0. The van der Waals surface area contributed by atoms with Gasteiger partial charge >= 0.3 is 0 Å². The maximum absolute atomic E-state index is 12.2. The average molecular weight is 288 g/mol. The Labute approximate surface area is 122 Å². The fourth-order valence-electron chi connectivity index (χ4n) is 4.74. The Morgan fingerprint density at radius 3 is 2.76 bits per heavy atom. The Bertz CT molecular complexity index is 625. The Kier molecular flexibility index (Phi) is 2.80. The summed E-state index contributed by atoms with van der Waals surface area (Å²) >= 11 is 0. The summed E-state index contributed by atoms with van der Waals surface area (Å²) in [6, 6.07) is 1.25. The van der Waals surface area contributed by atoms with E-state index in [0.29, 0.717) is 30.6 Å². The Balaban J connectivity index is 1.30. The van der Waals surface area contributed by atoms with Crippen LogP contribution in [0.15, 0.2) is 10.9 Å². The third-order valence-corrected chi connectivity index (χ3v) is 5.51. The highest BCUT2D eigenvalue weighted by Crippen LogP contribution is 2.69.